The first-order valence-corrected chi connectivity index (χ1v) is 15.1. The standard InChI is InChI=1S/C26H26S4/c1-2-21-8-22(3-1)14-30-18-26-10-23-15-27-11-19-4-6-20(7-5-19)12-28-16-24(26)9-25(23)17-29-13-21/h1-10H,11-18H2. The Bertz CT molecular complexity index is 922. The number of benzene rings is 3. The number of rotatable bonds is 0. The highest BCUT2D eigenvalue weighted by Gasteiger charge is 2.13. The first-order chi connectivity index (χ1) is 14.8. The van der Waals surface area contributed by atoms with Crippen LogP contribution in [0.25, 0.3) is 0 Å². The van der Waals surface area contributed by atoms with Gasteiger partial charge in [0.15, 0.2) is 0 Å². The van der Waals surface area contributed by atoms with Crippen LogP contribution in [0.5, 0.6) is 0 Å². The first kappa shape index (κ1) is 20.9. The second kappa shape index (κ2) is 10.1. The summed E-state index contributed by atoms with van der Waals surface area (Å²) in [5.41, 5.74) is 12.0. The topological polar surface area (TPSA) is 0 Å². The fourth-order valence-corrected chi connectivity index (χ4v) is 8.03. The van der Waals surface area contributed by atoms with Crippen LogP contribution in [0.3, 0.4) is 0 Å². The molecular weight excluding hydrogens is 441 g/mol. The van der Waals surface area contributed by atoms with Gasteiger partial charge in [0.25, 0.3) is 0 Å². The van der Waals surface area contributed by atoms with Crippen LogP contribution < -0.4 is 0 Å². The summed E-state index contributed by atoms with van der Waals surface area (Å²) in [6.07, 6.45) is 0. The molecule has 0 unspecified atom stereocenters. The van der Waals surface area contributed by atoms with Crippen LogP contribution in [-0.4, -0.2) is 0 Å². The van der Waals surface area contributed by atoms with Crippen molar-refractivity contribution in [1.29, 1.82) is 0 Å². The van der Waals surface area contributed by atoms with E-state index >= 15 is 0 Å². The van der Waals surface area contributed by atoms with E-state index in [-0.39, 0.29) is 0 Å². The summed E-state index contributed by atoms with van der Waals surface area (Å²) < 4.78 is 0. The van der Waals surface area contributed by atoms with E-state index in [1.807, 2.05) is 0 Å². The zero-order valence-electron chi connectivity index (χ0n) is 17.1. The Labute approximate surface area is 197 Å². The van der Waals surface area contributed by atoms with E-state index in [9.17, 15) is 0 Å². The quantitative estimate of drug-likeness (QED) is 0.328. The van der Waals surface area contributed by atoms with Crippen molar-refractivity contribution in [3.63, 3.8) is 0 Å². The van der Waals surface area contributed by atoms with Crippen molar-refractivity contribution in [3.05, 3.63) is 105 Å². The fourth-order valence-electron chi connectivity index (χ4n) is 3.99. The van der Waals surface area contributed by atoms with Crippen LogP contribution in [0.2, 0.25) is 0 Å². The molecule has 0 saturated heterocycles. The predicted molar refractivity (Wildman–Crippen MR) is 139 cm³/mol. The van der Waals surface area contributed by atoms with Crippen molar-refractivity contribution in [1.82, 2.24) is 0 Å². The highest BCUT2D eigenvalue weighted by atomic mass is 32.2. The molecule has 0 aliphatic carbocycles. The van der Waals surface area contributed by atoms with Crippen LogP contribution in [0.1, 0.15) is 44.5 Å². The highest BCUT2D eigenvalue weighted by molar-refractivity contribution is 7.98. The molecule has 0 nitrogen and oxygen atoms in total. The lowest BCUT2D eigenvalue weighted by atomic mass is 10.0. The number of hydrogen-bond donors (Lipinski definition) is 0. The maximum absolute atomic E-state index is 2.55. The second-order valence-corrected chi connectivity index (χ2v) is 11.9. The monoisotopic (exact) mass is 466 g/mol. The Kier molecular flexibility index (Phi) is 7.06. The molecule has 8 bridgehead atoms. The largest absolute Gasteiger partial charge is 0.152 e. The Morgan fingerprint density at radius 2 is 0.733 bits per heavy atom. The van der Waals surface area contributed by atoms with Crippen molar-refractivity contribution in [3.8, 4) is 0 Å². The zero-order chi connectivity index (χ0) is 20.2. The lowest BCUT2D eigenvalue weighted by Crippen LogP contribution is -2.01. The molecular formula is C26H26S4. The number of fused-ring (bicyclic) bond motifs is 4. The summed E-state index contributed by atoms with van der Waals surface area (Å²) in [4.78, 5) is 0. The Balaban J connectivity index is 1.46. The van der Waals surface area contributed by atoms with Gasteiger partial charge in [0.2, 0.25) is 0 Å². The molecule has 3 aromatic rings. The van der Waals surface area contributed by atoms with E-state index in [2.05, 4.69) is 108 Å². The maximum atomic E-state index is 2.55. The van der Waals surface area contributed by atoms with Gasteiger partial charge in [-0.25, -0.2) is 0 Å². The van der Waals surface area contributed by atoms with E-state index in [1.54, 1.807) is 22.3 Å². The number of thioether (sulfide) groups is 4. The molecule has 0 spiro atoms. The maximum Gasteiger partial charge on any atom is 0.0191 e. The van der Waals surface area contributed by atoms with Crippen molar-refractivity contribution < 1.29 is 0 Å². The van der Waals surface area contributed by atoms with Gasteiger partial charge in [-0.1, -0.05) is 60.7 Å². The van der Waals surface area contributed by atoms with E-state index in [0.29, 0.717) is 0 Å². The molecule has 0 N–H and O–H groups in total. The molecule has 0 atom stereocenters. The van der Waals surface area contributed by atoms with Gasteiger partial charge >= 0.3 is 0 Å². The fraction of sp³-hybridized carbons (Fsp3) is 0.308. The van der Waals surface area contributed by atoms with Crippen molar-refractivity contribution in [2.24, 2.45) is 0 Å². The molecule has 6 aliphatic heterocycles. The van der Waals surface area contributed by atoms with Crippen molar-refractivity contribution >= 4 is 47.0 Å². The molecule has 9 rings (SSSR count). The molecule has 0 radical (unpaired) electrons. The third kappa shape index (κ3) is 5.27. The molecule has 154 valence electrons. The molecule has 0 amide bonds. The smallest absolute Gasteiger partial charge is 0.0191 e. The second-order valence-electron chi connectivity index (χ2n) is 8.00. The Hall–Kier alpha value is -0.940. The molecule has 6 heterocycles. The average Bonchev–Trinajstić information content (AvgIpc) is 2.78. The van der Waals surface area contributed by atoms with Crippen LogP contribution >= 0.6 is 47.0 Å². The van der Waals surface area contributed by atoms with Crippen LogP contribution in [0.15, 0.2) is 60.7 Å². The summed E-state index contributed by atoms with van der Waals surface area (Å²) >= 11 is 8.24. The lowest BCUT2D eigenvalue weighted by molar-refractivity contribution is 1.18. The molecule has 0 fully saturated rings. The SMILES string of the molecule is c1cc2cc(c1)CSCc1cc3c(cc1CSCc1ccc(cc1)CSC3)CSC2. The summed E-state index contributed by atoms with van der Waals surface area (Å²) in [5.74, 6) is 8.83. The van der Waals surface area contributed by atoms with Crippen molar-refractivity contribution in [2.75, 3.05) is 0 Å². The van der Waals surface area contributed by atoms with Crippen LogP contribution in [-0.2, 0) is 46.0 Å². The summed E-state index contributed by atoms with van der Waals surface area (Å²) in [6, 6.07) is 23.6. The van der Waals surface area contributed by atoms with Crippen LogP contribution in [0, 0.1) is 0 Å². The molecule has 6 aliphatic rings. The van der Waals surface area contributed by atoms with Crippen molar-refractivity contribution in [2.45, 2.75) is 46.0 Å². The summed E-state index contributed by atoms with van der Waals surface area (Å²) in [5, 5.41) is 0. The van der Waals surface area contributed by atoms with Gasteiger partial charge in [0, 0.05) is 46.0 Å². The average molecular weight is 467 g/mol. The minimum Gasteiger partial charge on any atom is -0.152 e. The van der Waals surface area contributed by atoms with Gasteiger partial charge in [0.1, 0.15) is 0 Å². The van der Waals surface area contributed by atoms with E-state index < -0.39 is 0 Å². The zero-order valence-corrected chi connectivity index (χ0v) is 20.3. The van der Waals surface area contributed by atoms with E-state index in [4.69, 9.17) is 0 Å². The van der Waals surface area contributed by atoms with E-state index in [1.165, 1.54) is 22.3 Å². The van der Waals surface area contributed by atoms with Gasteiger partial charge in [-0.15, -0.1) is 0 Å². The normalized spacial score (nSPS) is 17.1. The molecule has 4 heteroatoms. The predicted octanol–water partition coefficient (Wildman–Crippen LogP) is 8.05. The molecule has 0 saturated carbocycles. The highest BCUT2D eigenvalue weighted by Crippen LogP contribution is 2.33. The third-order valence-corrected chi connectivity index (χ3v) is 9.85. The minimum atomic E-state index is 1.09. The van der Waals surface area contributed by atoms with E-state index in [0.717, 1.165) is 46.0 Å². The molecule has 0 aromatic heterocycles. The van der Waals surface area contributed by atoms with Gasteiger partial charge in [-0.05, 0) is 44.5 Å². The number of hydrogen-bond acceptors (Lipinski definition) is 4. The Morgan fingerprint density at radius 3 is 1.13 bits per heavy atom. The van der Waals surface area contributed by atoms with Gasteiger partial charge in [-0.2, -0.15) is 47.0 Å². The van der Waals surface area contributed by atoms with Gasteiger partial charge < -0.3 is 0 Å². The molecule has 30 heavy (non-hydrogen) atoms. The molecule has 3 aromatic carbocycles. The summed E-state index contributed by atoms with van der Waals surface area (Å²) in [7, 11) is 0. The lowest BCUT2D eigenvalue weighted by Gasteiger charge is -2.17. The Morgan fingerprint density at radius 1 is 0.367 bits per heavy atom. The van der Waals surface area contributed by atoms with Gasteiger partial charge in [-0.3, -0.25) is 0 Å². The third-order valence-electron chi connectivity index (χ3n) is 5.64. The summed E-state index contributed by atoms with van der Waals surface area (Å²) in [6.45, 7) is 0. The van der Waals surface area contributed by atoms with Crippen LogP contribution in [0.4, 0.5) is 0 Å². The first-order valence-electron chi connectivity index (χ1n) is 10.4. The van der Waals surface area contributed by atoms with Gasteiger partial charge in [0.05, 0.1) is 0 Å². The minimum absolute atomic E-state index is 1.09.